The van der Waals surface area contributed by atoms with Gasteiger partial charge in [-0.2, -0.15) is 0 Å². The van der Waals surface area contributed by atoms with Crippen molar-refractivity contribution in [3.8, 4) is 0 Å². The van der Waals surface area contributed by atoms with E-state index in [1.807, 2.05) is 6.07 Å². The van der Waals surface area contributed by atoms with E-state index in [9.17, 15) is 0 Å². The number of halogens is 2. The number of hydrogen-bond acceptors (Lipinski definition) is 4. The molecule has 1 unspecified atom stereocenters. The Balaban J connectivity index is 2.44. The predicted molar refractivity (Wildman–Crippen MR) is 74.3 cm³/mol. The van der Waals surface area contributed by atoms with Gasteiger partial charge in [-0.3, -0.25) is 9.97 Å². The lowest BCUT2D eigenvalue weighted by Crippen LogP contribution is -2.16. The molecular formula is C11H10Br2N4. The molecule has 0 saturated carbocycles. The van der Waals surface area contributed by atoms with Crippen LogP contribution < -0.4 is 11.5 Å². The molecule has 0 bridgehead atoms. The van der Waals surface area contributed by atoms with Gasteiger partial charge in [-0.15, -0.1) is 0 Å². The van der Waals surface area contributed by atoms with Crippen LogP contribution in [0.3, 0.4) is 0 Å². The van der Waals surface area contributed by atoms with E-state index in [-0.39, 0.29) is 0 Å². The highest BCUT2D eigenvalue weighted by Gasteiger charge is 2.16. The van der Waals surface area contributed by atoms with Gasteiger partial charge in [-0.1, -0.05) is 0 Å². The molecule has 0 fully saturated rings. The molecule has 0 saturated heterocycles. The van der Waals surface area contributed by atoms with E-state index in [1.54, 1.807) is 24.7 Å². The second-order valence-corrected chi connectivity index (χ2v) is 5.27. The maximum atomic E-state index is 6.14. The lowest BCUT2D eigenvalue weighted by Gasteiger charge is -2.14. The van der Waals surface area contributed by atoms with Crippen molar-refractivity contribution in [1.82, 2.24) is 9.97 Å². The number of nitrogen functional groups attached to an aromatic ring is 1. The number of nitrogens with zero attached hydrogens (tertiary/aromatic N) is 2. The summed E-state index contributed by atoms with van der Waals surface area (Å²) in [4.78, 5) is 8.32. The van der Waals surface area contributed by atoms with E-state index >= 15 is 0 Å². The van der Waals surface area contributed by atoms with Crippen LogP contribution in [0.15, 0.2) is 39.7 Å². The molecule has 1 atom stereocenters. The van der Waals surface area contributed by atoms with Crippen molar-refractivity contribution < 1.29 is 0 Å². The zero-order valence-electron chi connectivity index (χ0n) is 8.77. The van der Waals surface area contributed by atoms with Crippen molar-refractivity contribution >= 4 is 37.5 Å². The normalized spacial score (nSPS) is 12.4. The summed E-state index contributed by atoms with van der Waals surface area (Å²) in [6, 6.07) is 3.22. The van der Waals surface area contributed by atoms with Crippen molar-refractivity contribution in [1.29, 1.82) is 0 Å². The summed E-state index contributed by atoms with van der Waals surface area (Å²) in [5.41, 5.74) is 14.1. The number of nitrogens with two attached hydrogens (primary N) is 2. The van der Waals surface area contributed by atoms with Crippen molar-refractivity contribution in [3.63, 3.8) is 0 Å². The molecule has 2 rings (SSSR count). The standard InChI is InChI=1S/C11H10Br2N4/c12-6-3-8(13)11(17-4-6)10(15)7-5-16-2-1-9(7)14/h1-5,10H,15H2,(H2,14,16). The van der Waals surface area contributed by atoms with E-state index in [1.165, 1.54) is 0 Å². The summed E-state index contributed by atoms with van der Waals surface area (Å²) < 4.78 is 1.72. The molecule has 0 aromatic carbocycles. The van der Waals surface area contributed by atoms with Crippen molar-refractivity contribution in [2.75, 3.05) is 5.73 Å². The van der Waals surface area contributed by atoms with Gasteiger partial charge in [0.1, 0.15) is 0 Å². The fourth-order valence-electron chi connectivity index (χ4n) is 1.48. The topological polar surface area (TPSA) is 77.8 Å². The molecule has 2 aromatic rings. The Labute approximate surface area is 116 Å². The Hall–Kier alpha value is -0.980. The third-order valence-electron chi connectivity index (χ3n) is 2.35. The smallest absolute Gasteiger partial charge is 0.0773 e. The SMILES string of the molecule is Nc1ccncc1C(N)c1ncc(Br)cc1Br. The van der Waals surface area contributed by atoms with Crippen molar-refractivity contribution in [3.05, 3.63) is 50.9 Å². The molecule has 0 aliphatic heterocycles. The van der Waals surface area contributed by atoms with Gasteiger partial charge in [-0.05, 0) is 44.0 Å². The lowest BCUT2D eigenvalue weighted by molar-refractivity contribution is 0.818. The van der Waals surface area contributed by atoms with Crippen LogP contribution in [-0.4, -0.2) is 9.97 Å². The molecule has 6 heteroatoms. The predicted octanol–water partition coefficient (Wildman–Crippen LogP) is 2.63. The highest BCUT2D eigenvalue weighted by molar-refractivity contribution is 9.11. The van der Waals surface area contributed by atoms with Gasteiger partial charge in [0, 0.05) is 38.8 Å². The van der Waals surface area contributed by atoms with Gasteiger partial charge in [0.15, 0.2) is 0 Å². The monoisotopic (exact) mass is 356 g/mol. The summed E-state index contributed by atoms with van der Waals surface area (Å²) in [5, 5.41) is 0. The van der Waals surface area contributed by atoms with Crippen molar-refractivity contribution in [2.45, 2.75) is 6.04 Å². The maximum absolute atomic E-state index is 6.14. The molecule has 88 valence electrons. The van der Waals surface area contributed by atoms with Crippen LogP contribution in [-0.2, 0) is 0 Å². The first kappa shape index (κ1) is 12.5. The number of hydrogen-bond donors (Lipinski definition) is 2. The summed E-state index contributed by atoms with van der Waals surface area (Å²) in [5.74, 6) is 0. The van der Waals surface area contributed by atoms with Gasteiger partial charge >= 0.3 is 0 Å². The molecule has 4 N–H and O–H groups in total. The first-order valence-electron chi connectivity index (χ1n) is 4.85. The number of aromatic nitrogens is 2. The quantitative estimate of drug-likeness (QED) is 0.865. The molecule has 2 heterocycles. The van der Waals surface area contributed by atoms with E-state index in [2.05, 4.69) is 41.8 Å². The van der Waals surface area contributed by atoms with Gasteiger partial charge in [0.25, 0.3) is 0 Å². The van der Waals surface area contributed by atoms with Crippen LogP contribution in [0.4, 0.5) is 5.69 Å². The number of pyridine rings is 2. The summed E-state index contributed by atoms with van der Waals surface area (Å²) >= 11 is 6.78. The van der Waals surface area contributed by atoms with Crippen LogP contribution in [0.25, 0.3) is 0 Å². The number of rotatable bonds is 2. The van der Waals surface area contributed by atoms with Crippen LogP contribution >= 0.6 is 31.9 Å². The van der Waals surface area contributed by atoms with E-state index in [4.69, 9.17) is 11.5 Å². The highest BCUT2D eigenvalue weighted by Crippen LogP contribution is 2.29. The largest absolute Gasteiger partial charge is 0.398 e. The summed E-state index contributed by atoms with van der Waals surface area (Å²) in [6.07, 6.45) is 5.00. The van der Waals surface area contributed by atoms with Gasteiger partial charge in [0.05, 0.1) is 11.7 Å². The van der Waals surface area contributed by atoms with Crippen LogP contribution in [0, 0.1) is 0 Å². The van der Waals surface area contributed by atoms with Crippen molar-refractivity contribution in [2.24, 2.45) is 5.73 Å². The maximum Gasteiger partial charge on any atom is 0.0773 e. The van der Waals surface area contributed by atoms with Gasteiger partial charge < -0.3 is 11.5 Å². The Morgan fingerprint density at radius 1 is 1.24 bits per heavy atom. The fraction of sp³-hybridized carbons (Fsp3) is 0.0909. The summed E-state index contributed by atoms with van der Waals surface area (Å²) in [6.45, 7) is 0. The van der Waals surface area contributed by atoms with Crippen LogP contribution in [0.1, 0.15) is 17.3 Å². The zero-order chi connectivity index (χ0) is 12.4. The van der Waals surface area contributed by atoms with E-state index in [0.29, 0.717) is 5.69 Å². The molecule has 0 aliphatic rings. The average molecular weight is 358 g/mol. The minimum atomic E-state index is -0.397. The van der Waals surface area contributed by atoms with Gasteiger partial charge in [0.2, 0.25) is 0 Å². The lowest BCUT2D eigenvalue weighted by atomic mass is 10.0. The molecule has 0 aliphatic carbocycles. The Kier molecular flexibility index (Phi) is 3.76. The highest BCUT2D eigenvalue weighted by atomic mass is 79.9. The Morgan fingerprint density at radius 2 is 2.00 bits per heavy atom. The molecular weight excluding hydrogens is 348 g/mol. The minimum Gasteiger partial charge on any atom is -0.398 e. The van der Waals surface area contributed by atoms with E-state index < -0.39 is 6.04 Å². The zero-order valence-corrected chi connectivity index (χ0v) is 11.9. The molecule has 17 heavy (non-hydrogen) atoms. The third kappa shape index (κ3) is 2.65. The third-order valence-corrected chi connectivity index (χ3v) is 3.42. The fourth-order valence-corrected chi connectivity index (χ4v) is 2.71. The first-order chi connectivity index (χ1) is 8.09. The first-order valence-corrected chi connectivity index (χ1v) is 6.44. The number of anilines is 1. The molecule has 0 radical (unpaired) electrons. The Morgan fingerprint density at radius 3 is 2.65 bits per heavy atom. The van der Waals surface area contributed by atoms with E-state index in [0.717, 1.165) is 20.2 Å². The molecule has 0 amide bonds. The second-order valence-electron chi connectivity index (χ2n) is 3.50. The molecule has 0 spiro atoms. The minimum absolute atomic E-state index is 0.397. The summed E-state index contributed by atoms with van der Waals surface area (Å²) in [7, 11) is 0. The second kappa shape index (κ2) is 5.12. The van der Waals surface area contributed by atoms with Crippen LogP contribution in [0.2, 0.25) is 0 Å². The Bertz CT molecular complexity index is 545. The van der Waals surface area contributed by atoms with Crippen LogP contribution in [0.5, 0.6) is 0 Å². The average Bonchev–Trinajstić information content (AvgIpc) is 2.29. The molecule has 2 aromatic heterocycles. The molecule has 4 nitrogen and oxygen atoms in total. The van der Waals surface area contributed by atoms with Gasteiger partial charge in [-0.25, -0.2) is 0 Å².